The van der Waals surface area contributed by atoms with Gasteiger partial charge in [0.1, 0.15) is 10.7 Å². The molecule has 0 saturated heterocycles. The summed E-state index contributed by atoms with van der Waals surface area (Å²) in [6.07, 6.45) is 2.66. The van der Waals surface area contributed by atoms with Crippen molar-refractivity contribution < 1.29 is 8.42 Å². The van der Waals surface area contributed by atoms with Crippen LogP contribution in [0.2, 0.25) is 0 Å². The van der Waals surface area contributed by atoms with Crippen molar-refractivity contribution in [3.63, 3.8) is 0 Å². The number of sulfonamides is 1. The van der Waals surface area contributed by atoms with Gasteiger partial charge in [0, 0.05) is 20.3 Å². The monoisotopic (exact) mass is 245 g/mol. The summed E-state index contributed by atoms with van der Waals surface area (Å²) in [4.78, 5) is 0.0885. The zero-order chi connectivity index (χ0) is 12.5. The molecule has 0 aliphatic rings. The van der Waals surface area contributed by atoms with Gasteiger partial charge in [0.05, 0.1) is 12.2 Å². The minimum atomic E-state index is -3.63. The minimum absolute atomic E-state index is 0.0885. The molecule has 1 aromatic rings. The standard InChI is InChI=1S/C8H15N5O2S/c1-6(8(9)10)13(3)16(14,15)7-4-11-12(2)5-7/h4-6H,1-3H3,(H3,9,10). The van der Waals surface area contributed by atoms with E-state index in [2.05, 4.69) is 5.10 Å². The van der Waals surface area contributed by atoms with Gasteiger partial charge in [-0.1, -0.05) is 0 Å². The Morgan fingerprint density at radius 3 is 2.62 bits per heavy atom. The van der Waals surface area contributed by atoms with Crippen LogP contribution in [0.3, 0.4) is 0 Å². The number of nitrogens with one attached hydrogen (secondary N) is 1. The Kier molecular flexibility index (Phi) is 3.34. The molecule has 0 spiro atoms. The lowest BCUT2D eigenvalue weighted by molar-refractivity contribution is 0.448. The Hall–Kier alpha value is -1.41. The fourth-order valence-corrected chi connectivity index (χ4v) is 2.43. The van der Waals surface area contributed by atoms with Gasteiger partial charge in [-0.2, -0.15) is 9.40 Å². The van der Waals surface area contributed by atoms with Gasteiger partial charge in [0.25, 0.3) is 0 Å². The van der Waals surface area contributed by atoms with E-state index < -0.39 is 16.1 Å². The van der Waals surface area contributed by atoms with Gasteiger partial charge in [0.2, 0.25) is 10.0 Å². The van der Waals surface area contributed by atoms with E-state index in [9.17, 15) is 8.42 Å². The molecule has 1 rings (SSSR count). The Bertz CT molecular complexity index is 492. The van der Waals surface area contributed by atoms with Crippen LogP contribution in [0.5, 0.6) is 0 Å². The van der Waals surface area contributed by atoms with E-state index in [1.54, 1.807) is 14.0 Å². The maximum Gasteiger partial charge on any atom is 0.246 e. The third kappa shape index (κ3) is 2.22. The maximum absolute atomic E-state index is 12.0. The van der Waals surface area contributed by atoms with Crippen LogP contribution in [0.4, 0.5) is 0 Å². The van der Waals surface area contributed by atoms with Gasteiger partial charge in [-0.05, 0) is 6.92 Å². The van der Waals surface area contributed by atoms with Crippen molar-refractivity contribution in [2.75, 3.05) is 7.05 Å². The molecule has 1 unspecified atom stereocenters. The highest BCUT2D eigenvalue weighted by atomic mass is 32.2. The molecule has 0 saturated carbocycles. The van der Waals surface area contributed by atoms with Crippen molar-refractivity contribution in [2.45, 2.75) is 17.9 Å². The van der Waals surface area contributed by atoms with Gasteiger partial charge < -0.3 is 5.73 Å². The van der Waals surface area contributed by atoms with Crippen LogP contribution in [0.25, 0.3) is 0 Å². The molecule has 0 aromatic carbocycles. The van der Waals surface area contributed by atoms with Crippen LogP contribution in [0, 0.1) is 5.41 Å². The molecule has 1 heterocycles. The van der Waals surface area contributed by atoms with Crippen molar-refractivity contribution in [1.29, 1.82) is 5.41 Å². The number of hydrogen-bond acceptors (Lipinski definition) is 4. The van der Waals surface area contributed by atoms with Gasteiger partial charge in [-0.25, -0.2) is 8.42 Å². The molecule has 0 bridgehead atoms. The summed E-state index contributed by atoms with van der Waals surface area (Å²) in [5.74, 6) is -0.199. The summed E-state index contributed by atoms with van der Waals surface area (Å²) < 4.78 is 26.5. The average molecular weight is 245 g/mol. The quantitative estimate of drug-likeness (QED) is 0.544. The summed E-state index contributed by atoms with van der Waals surface area (Å²) >= 11 is 0. The molecule has 0 amide bonds. The first-order valence-corrected chi connectivity index (χ1v) is 6.01. The number of likely N-dealkylation sites (N-methyl/N-ethyl adjacent to an activating group) is 1. The highest BCUT2D eigenvalue weighted by Gasteiger charge is 2.27. The number of aryl methyl sites for hydroxylation is 1. The molecule has 0 radical (unpaired) electrons. The predicted octanol–water partition coefficient (Wildman–Crippen LogP) is -0.635. The zero-order valence-electron chi connectivity index (χ0n) is 9.38. The van der Waals surface area contributed by atoms with Gasteiger partial charge >= 0.3 is 0 Å². The van der Waals surface area contributed by atoms with E-state index in [0.29, 0.717) is 0 Å². The van der Waals surface area contributed by atoms with E-state index >= 15 is 0 Å². The molecule has 7 nitrogen and oxygen atoms in total. The SMILES string of the molecule is CC(C(=N)N)N(C)S(=O)(=O)c1cnn(C)c1. The normalized spacial score (nSPS) is 14.0. The van der Waals surface area contributed by atoms with E-state index in [0.717, 1.165) is 4.31 Å². The molecule has 90 valence electrons. The molecule has 0 aliphatic heterocycles. The zero-order valence-corrected chi connectivity index (χ0v) is 10.2. The second kappa shape index (κ2) is 4.22. The number of rotatable bonds is 4. The van der Waals surface area contributed by atoms with E-state index in [-0.39, 0.29) is 10.7 Å². The second-order valence-corrected chi connectivity index (χ2v) is 5.50. The summed E-state index contributed by atoms with van der Waals surface area (Å²) in [7, 11) is -0.618. The number of nitrogens with two attached hydrogens (primary N) is 1. The summed E-state index contributed by atoms with van der Waals surface area (Å²) in [5.41, 5.74) is 5.27. The molecule has 1 aromatic heterocycles. The molecular weight excluding hydrogens is 230 g/mol. The lowest BCUT2D eigenvalue weighted by Crippen LogP contribution is -2.43. The van der Waals surface area contributed by atoms with Crippen molar-refractivity contribution in [1.82, 2.24) is 14.1 Å². The summed E-state index contributed by atoms with van der Waals surface area (Å²) in [5, 5.41) is 11.0. The Balaban J connectivity index is 3.08. The van der Waals surface area contributed by atoms with E-state index in [1.807, 2.05) is 0 Å². The fraction of sp³-hybridized carbons (Fsp3) is 0.500. The Labute approximate surface area is 94.4 Å². The third-order valence-corrected chi connectivity index (χ3v) is 4.23. The van der Waals surface area contributed by atoms with E-state index in [1.165, 1.54) is 24.1 Å². The topological polar surface area (TPSA) is 105 Å². The first-order chi connectivity index (χ1) is 7.26. The fourth-order valence-electron chi connectivity index (χ4n) is 1.10. The highest BCUT2D eigenvalue weighted by Crippen LogP contribution is 2.15. The van der Waals surface area contributed by atoms with Crippen LogP contribution >= 0.6 is 0 Å². The molecule has 0 fully saturated rings. The third-order valence-electron chi connectivity index (χ3n) is 2.35. The highest BCUT2D eigenvalue weighted by molar-refractivity contribution is 7.89. The average Bonchev–Trinajstić information content (AvgIpc) is 2.62. The number of amidine groups is 1. The van der Waals surface area contributed by atoms with Crippen molar-refractivity contribution in [3.8, 4) is 0 Å². The van der Waals surface area contributed by atoms with Crippen LogP contribution in [0.1, 0.15) is 6.92 Å². The second-order valence-electron chi connectivity index (χ2n) is 3.50. The largest absolute Gasteiger partial charge is 0.386 e. The van der Waals surface area contributed by atoms with Crippen LogP contribution in [-0.4, -0.2) is 41.4 Å². The van der Waals surface area contributed by atoms with Crippen molar-refractivity contribution >= 4 is 15.9 Å². The van der Waals surface area contributed by atoms with Crippen LogP contribution < -0.4 is 5.73 Å². The van der Waals surface area contributed by atoms with Crippen molar-refractivity contribution in [3.05, 3.63) is 12.4 Å². The Morgan fingerprint density at radius 1 is 1.69 bits per heavy atom. The van der Waals surface area contributed by atoms with Crippen LogP contribution in [-0.2, 0) is 17.1 Å². The smallest absolute Gasteiger partial charge is 0.246 e. The first kappa shape index (κ1) is 12.7. The molecule has 16 heavy (non-hydrogen) atoms. The number of aromatic nitrogens is 2. The Morgan fingerprint density at radius 2 is 2.25 bits per heavy atom. The summed E-state index contributed by atoms with van der Waals surface area (Å²) in [6, 6.07) is -0.676. The van der Waals surface area contributed by atoms with Crippen molar-refractivity contribution in [2.24, 2.45) is 12.8 Å². The molecular formula is C8H15N5O2S. The molecule has 1 atom stereocenters. The molecule has 8 heteroatoms. The first-order valence-electron chi connectivity index (χ1n) is 4.57. The lowest BCUT2D eigenvalue weighted by atomic mass is 10.3. The number of nitrogens with zero attached hydrogens (tertiary/aromatic N) is 3. The van der Waals surface area contributed by atoms with Crippen LogP contribution in [0.15, 0.2) is 17.3 Å². The molecule has 3 N–H and O–H groups in total. The summed E-state index contributed by atoms with van der Waals surface area (Å²) in [6.45, 7) is 1.55. The van der Waals surface area contributed by atoms with Gasteiger partial charge in [0.15, 0.2) is 0 Å². The van der Waals surface area contributed by atoms with E-state index in [4.69, 9.17) is 11.1 Å². The molecule has 0 aliphatic carbocycles. The minimum Gasteiger partial charge on any atom is -0.386 e. The van der Waals surface area contributed by atoms with Gasteiger partial charge in [-0.3, -0.25) is 10.1 Å². The van der Waals surface area contributed by atoms with Gasteiger partial charge in [-0.15, -0.1) is 0 Å². The predicted molar refractivity (Wildman–Crippen MR) is 59.5 cm³/mol. The maximum atomic E-state index is 12.0. The number of hydrogen-bond donors (Lipinski definition) is 2. The lowest BCUT2D eigenvalue weighted by Gasteiger charge is -2.22.